The average Bonchev–Trinajstić information content (AvgIpc) is 1.98. The number of rotatable bonds is 2. The minimum atomic E-state index is -0.235. The van der Waals surface area contributed by atoms with Crippen LogP contribution < -0.4 is 5.32 Å². The Hall–Kier alpha value is -0.570. The Bertz CT molecular complexity index is 138. The van der Waals surface area contributed by atoms with Gasteiger partial charge in [-0.3, -0.25) is 4.79 Å². The summed E-state index contributed by atoms with van der Waals surface area (Å²) in [5.74, 6) is 0.389. The van der Waals surface area contributed by atoms with Crippen LogP contribution in [0.4, 0.5) is 0 Å². The van der Waals surface area contributed by atoms with Crippen molar-refractivity contribution in [1.82, 2.24) is 5.32 Å². The standard InChI is InChI=1S/C8H15NO2/c1-6-2-3-7(9-5-10)4-8(6)11/h5-8,11H,2-4H2,1H3,(H,9,10)/t6?,7-,8-/m0/s1. The highest BCUT2D eigenvalue weighted by Crippen LogP contribution is 2.23. The number of carbonyl (C=O) groups excluding carboxylic acids is 1. The van der Waals surface area contributed by atoms with Crippen molar-refractivity contribution >= 4 is 6.41 Å². The van der Waals surface area contributed by atoms with Gasteiger partial charge in [0.1, 0.15) is 0 Å². The summed E-state index contributed by atoms with van der Waals surface area (Å²) in [5, 5.41) is 12.1. The van der Waals surface area contributed by atoms with Crippen LogP contribution >= 0.6 is 0 Å². The number of nitrogens with one attached hydrogen (secondary N) is 1. The van der Waals surface area contributed by atoms with Crippen molar-refractivity contribution in [2.75, 3.05) is 0 Å². The zero-order valence-corrected chi connectivity index (χ0v) is 6.79. The summed E-state index contributed by atoms with van der Waals surface area (Å²) < 4.78 is 0. The summed E-state index contributed by atoms with van der Waals surface area (Å²) in [6.45, 7) is 2.04. The van der Waals surface area contributed by atoms with Gasteiger partial charge in [-0.25, -0.2) is 0 Å². The summed E-state index contributed by atoms with van der Waals surface area (Å²) in [6.07, 6.45) is 3.19. The van der Waals surface area contributed by atoms with Gasteiger partial charge in [0.2, 0.25) is 6.41 Å². The van der Waals surface area contributed by atoms with Crippen molar-refractivity contribution in [3.63, 3.8) is 0 Å². The molecule has 1 aliphatic carbocycles. The van der Waals surface area contributed by atoms with E-state index in [2.05, 4.69) is 5.32 Å². The lowest BCUT2D eigenvalue weighted by molar-refractivity contribution is -0.110. The molecule has 0 bridgehead atoms. The first-order valence-electron chi connectivity index (χ1n) is 4.11. The van der Waals surface area contributed by atoms with E-state index in [9.17, 15) is 9.90 Å². The highest BCUT2D eigenvalue weighted by molar-refractivity contribution is 5.46. The van der Waals surface area contributed by atoms with Crippen molar-refractivity contribution in [3.8, 4) is 0 Å². The van der Waals surface area contributed by atoms with E-state index in [1.165, 1.54) is 0 Å². The maximum atomic E-state index is 10.1. The minimum Gasteiger partial charge on any atom is -0.393 e. The van der Waals surface area contributed by atoms with Crippen LogP contribution in [0.2, 0.25) is 0 Å². The number of carbonyl (C=O) groups is 1. The Morgan fingerprint density at radius 2 is 2.27 bits per heavy atom. The van der Waals surface area contributed by atoms with E-state index in [1.807, 2.05) is 6.92 Å². The third-order valence-corrected chi connectivity index (χ3v) is 2.46. The van der Waals surface area contributed by atoms with Crippen LogP contribution in [0.15, 0.2) is 0 Å². The van der Waals surface area contributed by atoms with Crippen LogP contribution in [-0.2, 0) is 4.79 Å². The fraction of sp³-hybridized carbons (Fsp3) is 0.875. The van der Waals surface area contributed by atoms with Crippen LogP contribution in [0.1, 0.15) is 26.2 Å². The zero-order chi connectivity index (χ0) is 8.27. The van der Waals surface area contributed by atoms with Crippen LogP contribution in [0.5, 0.6) is 0 Å². The topological polar surface area (TPSA) is 49.3 Å². The molecule has 0 aromatic rings. The monoisotopic (exact) mass is 157 g/mol. The molecule has 1 fully saturated rings. The van der Waals surface area contributed by atoms with Crippen molar-refractivity contribution in [2.45, 2.75) is 38.3 Å². The summed E-state index contributed by atoms with van der Waals surface area (Å²) in [7, 11) is 0. The van der Waals surface area contributed by atoms with Gasteiger partial charge >= 0.3 is 0 Å². The van der Waals surface area contributed by atoms with Crippen LogP contribution in [0.25, 0.3) is 0 Å². The number of hydrogen-bond acceptors (Lipinski definition) is 2. The van der Waals surface area contributed by atoms with Crippen molar-refractivity contribution in [3.05, 3.63) is 0 Å². The van der Waals surface area contributed by atoms with E-state index in [-0.39, 0.29) is 12.1 Å². The van der Waals surface area contributed by atoms with E-state index in [1.54, 1.807) is 0 Å². The first-order valence-corrected chi connectivity index (χ1v) is 4.11. The average molecular weight is 157 g/mol. The normalized spacial score (nSPS) is 38.2. The second-order valence-corrected chi connectivity index (χ2v) is 3.34. The molecule has 1 aliphatic rings. The molecule has 1 saturated carbocycles. The summed E-state index contributed by atoms with van der Waals surface area (Å²) in [6, 6.07) is 0.193. The van der Waals surface area contributed by atoms with Gasteiger partial charge in [-0.1, -0.05) is 6.92 Å². The number of hydrogen-bond donors (Lipinski definition) is 2. The van der Waals surface area contributed by atoms with E-state index in [0.29, 0.717) is 18.7 Å². The van der Waals surface area contributed by atoms with Crippen LogP contribution in [-0.4, -0.2) is 23.7 Å². The zero-order valence-electron chi connectivity index (χ0n) is 6.79. The fourth-order valence-corrected chi connectivity index (χ4v) is 1.55. The molecule has 0 aromatic heterocycles. The molecular formula is C8H15NO2. The molecule has 11 heavy (non-hydrogen) atoms. The molecule has 0 aliphatic heterocycles. The Kier molecular flexibility index (Phi) is 2.88. The lowest BCUT2D eigenvalue weighted by atomic mass is 9.85. The van der Waals surface area contributed by atoms with Gasteiger partial charge in [-0.05, 0) is 25.2 Å². The second-order valence-electron chi connectivity index (χ2n) is 3.34. The maximum absolute atomic E-state index is 10.1. The molecule has 64 valence electrons. The molecule has 1 amide bonds. The SMILES string of the molecule is CC1CC[C@H](NC=O)C[C@@H]1O. The molecule has 0 aromatic carbocycles. The van der Waals surface area contributed by atoms with E-state index >= 15 is 0 Å². The van der Waals surface area contributed by atoms with Crippen molar-refractivity contribution < 1.29 is 9.90 Å². The van der Waals surface area contributed by atoms with E-state index < -0.39 is 0 Å². The van der Waals surface area contributed by atoms with Crippen LogP contribution in [0.3, 0.4) is 0 Å². The molecule has 0 spiro atoms. The van der Waals surface area contributed by atoms with Gasteiger partial charge in [0.05, 0.1) is 6.10 Å². The van der Waals surface area contributed by atoms with Crippen molar-refractivity contribution in [2.24, 2.45) is 5.92 Å². The quantitative estimate of drug-likeness (QED) is 0.566. The Morgan fingerprint density at radius 1 is 1.55 bits per heavy atom. The maximum Gasteiger partial charge on any atom is 0.207 e. The largest absolute Gasteiger partial charge is 0.393 e. The molecule has 0 heterocycles. The van der Waals surface area contributed by atoms with Crippen LogP contribution in [0, 0.1) is 5.92 Å². The number of aliphatic hydroxyl groups excluding tert-OH is 1. The first-order chi connectivity index (χ1) is 5.24. The smallest absolute Gasteiger partial charge is 0.207 e. The van der Waals surface area contributed by atoms with Gasteiger partial charge in [-0.15, -0.1) is 0 Å². The third kappa shape index (κ3) is 2.19. The highest BCUT2D eigenvalue weighted by Gasteiger charge is 2.25. The Morgan fingerprint density at radius 3 is 2.82 bits per heavy atom. The summed E-state index contributed by atoms with van der Waals surface area (Å²) in [5.41, 5.74) is 0. The molecule has 0 radical (unpaired) electrons. The van der Waals surface area contributed by atoms with Gasteiger partial charge in [0.15, 0.2) is 0 Å². The summed E-state index contributed by atoms with van der Waals surface area (Å²) >= 11 is 0. The van der Waals surface area contributed by atoms with E-state index in [0.717, 1.165) is 12.8 Å². The van der Waals surface area contributed by atoms with E-state index in [4.69, 9.17) is 0 Å². The highest BCUT2D eigenvalue weighted by atomic mass is 16.3. The lowest BCUT2D eigenvalue weighted by Crippen LogP contribution is -2.38. The second kappa shape index (κ2) is 3.72. The lowest BCUT2D eigenvalue weighted by Gasteiger charge is -2.30. The number of aliphatic hydroxyl groups is 1. The molecule has 3 heteroatoms. The molecule has 2 N–H and O–H groups in total. The third-order valence-electron chi connectivity index (χ3n) is 2.46. The predicted octanol–water partition coefficient (Wildman–Crippen LogP) is 0.282. The van der Waals surface area contributed by atoms with Crippen molar-refractivity contribution in [1.29, 1.82) is 0 Å². The van der Waals surface area contributed by atoms with Gasteiger partial charge < -0.3 is 10.4 Å². The molecule has 3 nitrogen and oxygen atoms in total. The molecule has 0 saturated heterocycles. The molecule has 1 rings (SSSR count). The minimum absolute atomic E-state index is 0.193. The first kappa shape index (κ1) is 8.53. The predicted molar refractivity (Wildman–Crippen MR) is 42.0 cm³/mol. The fourth-order valence-electron chi connectivity index (χ4n) is 1.55. The number of amides is 1. The molecule has 1 unspecified atom stereocenters. The van der Waals surface area contributed by atoms with Gasteiger partial charge in [0, 0.05) is 6.04 Å². The van der Waals surface area contributed by atoms with Gasteiger partial charge in [-0.2, -0.15) is 0 Å². The molecular weight excluding hydrogens is 142 g/mol. The Balaban J connectivity index is 2.33. The summed E-state index contributed by atoms with van der Waals surface area (Å²) in [4.78, 5) is 10.1. The van der Waals surface area contributed by atoms with Gasteiger partial charge in [0.25, 0.3) is 0 Å². The molecule has 3 atom stereocenters. The Labute approximate surface area is 66.8 Å².